The summed E-state index contributed by atoms with van der Waals surface area (Å²) in [6, 6.07) is 4.46. The minimum Gasteiger partial charge on any atom is -0.478 e. The summed E-state index contributed by atoms with van der Waals surface area (Å²) < 4.78 is 0. The molecule has 0 saturated carbocycles. The molecule has 2 N–H and O–H groups in total. The molecule has 0 bridgehead atoms. The zero-order chi connectivity index (χ0) is 14.7. The van der Waals surface area contributed by atoms with Crippen molar-refractivity contribution >= 4 is 52.1 Å². The van der Waals surface area contributed by atoms with Gasteiger partial charge in [-0.25, -0.2) is 4.79 Å². The van der Waals surface area contributed by atoms with Gasteiger partial charge in [-0.1, -0.05) is 23.2 Å². The Hall–Kier alpha value is -1.56. The number of nitrogens with one attached hydrogen (secondary N) is 1. The first-order chi connectivity index (χ1) is 9.47. The number of anilines is 1. The number of carbonyl (C=O) groups is 2. The number of benzene rings is 1. The van der Waals surface area contributed by atoms with Crippen molar-refractivity contribution in [1.82, 2.24) is 0 Å². The SMILES string of the molecule is O=C(Cc1ccsc1)Nc1c(Cl)cc(Cl)cc1C(=O)O. The number of aromatic carboxylic acids is 1. The summed E-state index contributed by atoms with van der Waals surface area (Å²) in [4.78, 5) is 23.1. The second-order valence-electron chi connectivity index (χ2n) is 3.97. The van der Waals surface area contributed by atoms with Crippen molar-refractivity contribution in [3.63, 3.8) is 0 Å². The van der Waals surface area contributed by atoms with Crippen molar-refractivity contribution in [2.75, 3.05) is 5.32 Å². The van der Waals surface area contributed by atoms with Crippen molar-refractivity contribution in [1.29, 1.82) is 0 Å². The van der Waals surface area contributed by atoms with Crippen molar-refractivity contribution < 1.29 is 14.7 Å². The Balaban J connectivity index is 2.24. The molecule has 7 heteroatoms. The Kier molecular flexibility index (Phi) is 4.65. The van der Waals surface area contributed by atoms with Crippen LogP contribution >= 0.6 is 34.5 Å². The number of thiophene rings is 1. The van der Waals surface area contributed by atoms with Crippen LogP contribution in [0.2, 0.25) is 10.0 Å². The smallest absolute Gasteiger partial charge is 0.337 e. The van der Waals surface area contributed by atoms with Crippen molar-refractivity contribution in [2.24, 2.45) is 0 Å². The Morgan fingerprint density at radius 3 is 2.65 bits per heavy atom. The van der Waals surface area contributed by atoms with Gasteiger partial charge in [0.2, 0.25) is 5.91 Å². The Labute approximate surface area is 128 Å². The molecule has 2 aromatic rings. The zero-order valence-corrected chi connectivity index (χ0v) is 12.4. The first-order valence-electron chi connectivity index (χ1n) is 5.50. The predicted octanol–water partition coefficient (Wildman–Crippen LogP) is 3.93. The van der Waals surface area contributed by atoms with Crippen LogP contribution in [-0.2, 0) is 11.2 Å². The van der Waals surface area contributed by atoms with Crippen LogP contribution < -0.4 is 5.32 Å². The Morgan fingerprint density at radius 2 is 2.05 bits per heavy atom. The number of rotatable bonds is 4. The number of halogens is 2. The number of carbonyl (C=O) groups excluding carboxylic acids is 1. The Bertz CT molecular complexity index is 656. The van der Waals surface area contributed by atoms with E-state index in [0.717, 1.165) is 5.56 Å². The van der Waals surface area contributed by atoms with E-state index in [1.54, 1.807) is 0 Å². The van der Waals surface area contributed by atoms with E-state index >= 15 is 0 Å². The van der Waals surface area contributed by atoms with Gasteiger partial charge in [0.05, 0.1) is 22.7 Å². The molecule has 1 heterocycles. The zero-order valence-electron chi connectivity index (χ0n) is 10.0. The molecule has 0 atom stereocenters. The van der Waals surface area contributed by atoms with Gasteiger partial charge >= 0.3 is 5.97 Å². The largest absolute Gasteiger partial charge is 0.478 e. The second kappa shape index (κ2) is 6.26. The molecular formula is C13H9Cl2NO3S. The van der Waals surface area contributed by atoms with Gasteiger partial charge in [0, 0.05) is 5.02 Å². The number of amides is 1. The molecule has 0 saturated heterocycles. The molecular weight excluding hydrogens is 321 g/mol. The van der Waals surface area contributed by atoms with Crippen molar-refractivity contribution in [3.8, 4) is 0 Å². The van der Waals surface area contributed by atoms with Crippen LogP contribution in [0.25, 0.3) is 0 Å². The van der Waals surface area contributed by atoms with Gasteiger partial charge in [-0.05, 0) is 34.5 Å². The summed E-state index contributed by atoms with van der Waals surface area (Å²) in [6.45, 7) is 0. The maximum atomic E-state index is 11.9. The van der Waals surface area contributed by atoms with Crippen LogP contribution in [0, 0.1) is 0 Å². The third-order valence-electron chi connectivity index (χ3n) is 2.49. The second-order valence-corrected chi connectivity index (χ2v) is 5.60. The molecule has 0 unspecified atom stereocenters. The van der Waals surface area contributed by atoms with E-state index in [9.17, 15) is 9.59 Å². The van der Waals surface area contributed by atoms with Gasteiger partial charge in [-0.2, -0.15) is 11.3 Å². The molecule has 0 aliphatic rings. The van der Waals surface area contributed by atoms with Gasteiger partial charge in [0.25, 0.3) is 0 Å². The molecule has 0 radical (unpaired) electrons. The molecule has 0 spiro atoms. The van der Waals surface area contributed by atoms with Gasteiger partial charge in [-0.3, -0.25) is 4.79 Å². The van der Waals surface area contributed by atoms with Crippen molar-refractivity contribution in [2.45, 2.75) is 6.42 Å². The lowest BCUT2D eigenvalue weighted by molar-refractivity contribution is -0.115. The molecule has 1 amide bonds. The number of carboxylic acid groups (broad SMARTS) is 1. The highest BCUT2D eigenvalue weighted by molar-refractivity contribution is 7.08. The van der Waals surface area contributed by atoms with Crippen LogP contribution in [0.4, 0.5) is 5.69 Å². The highest BCUT2D eigenvalue weighted by atomic mass is 35.5. The molecule has 4 nitrogen and oxygen atoms in total. The standard InChI is InChI=1S/C13H9Cl2NO3S/c14-8-4-9(13(18)19)12(10(15)5-8)16-11(17)3-7-1-2-20-6-7/h1-2,4-6H,3H2,(H,16,17)(H,18,19). The lowest BCUT2D eigenvalue weighted by Gasteiger charge is -2.10. The molecule has 1 aromatic carbocycles. The number of hydrogen-bond acceptors (Lipinski definition) is 3. The first-order valence-corrected chi connectivity index (χ1v) is 7.20. The fourth-order valence-corrected chi connectivity index (χ4v) is 2.84. The van der Waals surface area contributed by atoms with E-state index in [4.69, 9.17) is 28.3 Å². The molecule has 1 aromatic heterocycles. The van der Waals surface area contributed by atoms with Crippen LogP contribution in [0.15, 0.2) is 29.0 Å². The van der Waals surface area contributed by atoms with Gasteiger partial charge in [0.1, 0.15) is 0 Å². The molecule has 2 rings (SSSR count). The fraction of sp³-hybridized carbons (Fsp3) is 0.0769. The Morgan fingerprint density at radius 1 is 1.30 bits per heavy atom. The molecule has 0 aliphatic carbocycles. The summed E-state index contributed by atoms with van der Waals surface area (Å²) in [7, 11) is 0. The molecule has 20 heavy (non-hydrogen) atoms. The van der Waals surface area contributed by atoms with Crippen molar-refractivity contribution in [3.05, 3.63) is 50.1 Å². The van der Waals surface area contributed by atoms with Gasteiger partial charge < -0.3 is 10.4 Å². The van der Waals surface area contributed by atoms with Crippen LogP contribution in [0.3, 0.4) is 0 Å². The maximum Gasteiger partial charge on any atom is 0.337 e. The molecule has 0 fully saturated rings. The summed E-state index contributed by atoms with van der Waals surface area (Å²) in [6.07, 6.45) is 0.154. The molecule has 104 valence electrons. The normalized spacial score (nSPS) is 10.3. The van der Waals surface area contributed by atoms with E-state index in [0.29, 0.717) is 0 Å². The number of carboxylic acids is 1. The minimum atomic E-state index is -1.21. The van der Waals surface area contributed by atoms with E-state index < -0.39 is 5.97 Å². The van der Waals surface area contributed by atoms with Gasteiger partial charge in [-0.15, -0.1) is 0 Å². The minimum absolute atomic E-state index is 0.0591. The number of hydrogen-bond donors (Lipinski definition) is 2. The average molecular weight is 330 g/mol. The maximum absolute atomic E-state index is 11.9. The van der Waals surface area contributed by atoms with Gasteiger partial charge in [0.15, 0.2) is 0 Å². The van der Waals surface area contributed by atoms with Crippen LogP contribution in [0.5, 0.6) is 0 Å². The lowest BCUT2D eigenvalue weighted by atomic mass is 10.1. The summed E-state index contributed by atoms with van der Waals surface area (Å²) in [5, 5.41) is 15.6. The topological polar surface area (TPSA) is 66.4 Å². The predicted molar refractivity (Wildman–Crippen MR) is 80.1 cm³/mol. The first kappa shape index (κ1) is 14.8. The van der Waals surface area contributed by atoms with Crippen LogP contribution in [0.1, 0.15) is 15.9 Å². The third kappa shape index (κ3) is 3.50. The highest BCUT2D eigenvalue weighted by Crippen LogP contribution is 2.30. The summed E-state index contributed by atoms with van der Waals surface area (Å²) >= 11 is 13.2. The molecule has 0 aliphatic heterocycles. The highest BCUT2D eigenvalue weighted by Gasteiger charge is 2.17. The van der Waals surface area contributed by atoms with Crippen LogP contribution in [-0.4, -0.2) is 17.0 Å². The van der Waals surface area contributed by atoms with E-state index in [-0.39, 0.29) is 33.6 Å². The third-order valence-corrected chi connectivity index (χ3v) is 3.74. The lowest BCUT2D eigenvalue weighted by Crippen LogP contribution is -2.17. The summed E-state index contributed by atoms with van der Waals surface area (Å²) in [5.41, 5.74) is 0.777. The van der Waals surface area contributed by atoms with E-state index in [1.807, 2.05) is 16.8 Å². The average Bonchev–Trinajstić information content (AvgIpc) is 2.84. The fourth-order valence-electron chi connectivity index (χ4n) is 1.63. The quantitative estimate of drug-likeness (QED) is 0.892. The monoisotopic (exact) mass is 329 g/mol. The van der Waals surface area contributed by atoms with E-state index in [2.05, 4.69) is 5.32 Å². The summed E-state index contributed by atoms with van der Waals surface area (Å²) in [5.74, 6) is -1.55. The van der Waals surface area contributed by atoms with E-state index in [1.165, 1.54) is 23.5 Å².